The monoisotopic (exact) mass is 556 g/mol. The molecule has 1 aliphatic rings. The highest BCUT2D eigenvalue weighted by atomic mass is 32.2. The number of ether oxygens (including phenoxy) is 1. The molecule has 0 bridgehead atoms. The predicted octanol–water partition coefficient (Wildman–Crippen LogP) is 5.12. The minimum absolute atomic E-state index is 0.00286. The zero-order valence-electron chi connectivity index (χ0n) is 22.1. The molecule has 1 aromatic heterocycles. The Labute approximate surface area is 230 Å². The Morgan fingerprint density at radius 2 is 2.05 bits per heavy atom. The van der Waals surface area contributed by atoms with Gasteiger partial charge in [-0.15, -0.1) is 0 Å². The van der Waals surface area contributed by atoms with Crippen molar-refractivity contribution in [3.05, 3.63) is 58.4 Å². The first-order valence-electron chi connectivity index (χ1n) is 12.3. The second-order valence-corrected chi connectivity index (χ2v) is 11.1. The van der Waals surface area contributed by atoms with Gasteiger partial charge < -0.3 is 20.7 Å². The number of carbonyl (C=O) groups excluding carboxylic acids is 2. The number of anilines is 1. The highest BCUT2D eigenvalue weighted by molar-refractivity contribution is 8.00. The van der Waals surface area contributed by atoms with E-state index in [1.165, 1.54) is 4.90 Å². The van der Waals surface area contributed by atoms with E-state index in [0.717, 1.165) is 11.8 Å². The predicted molar refractivity (Wildman–Crippen MR) is 144 cm³/mol. The molecule has 0 aliphatic carbocycles. The van der Waals surface area contributed by atoms with Crippen LogP contribution in [0.4, 0.5) is 25.1 Å². The number of hydrogen-bond acceptors (Lipinski definition) is 7. The van der Waals surface area contributed by atoms with Gasteiger partial charge in [-0.3, -0.25) is 4.79 Å². The van der Waals surface area contributed by atoms with E-state index < -0.39 is 41.4 Å². The summed E-state index contributed by atoms with van der Waals surface area (Å²) < 4.78 is 35.7. The van der Waals surface area contributed by atoms with Gasteiger partial charge in [-0.1, -0.05) is 49.0 Å². The van der Waals surface area contributed by atoms with E-state index in [9.17, 15) is 14.9 Å². The van der Waals surface area contributed by atoms with Gasteiger partial charge in [-0.25, -0.2) is 23.4 Å². The molecule has 2 unspecified atom stereocenters. The van der Waals surface area contributed by atoms with Crippen LogP contribution >= 0.6 is 11.8 Å². The molecular formula is C27H30F2N6O3S. The van der Waals surface area contributed by atoms with Crippen LogP contribution in [-0.4, -0.2) is 47.6 Å². The Hall–Kier alpha value is -3.90. The molecule has 9 nitrogen and oxygen atoms in total. The number of hydrogen-bond donors (Lipinski definition) is 2. The van der Waals surface area contributed by atoms with Gasteiger partial charge in [0.2, 0.25) is 11.6 Å². The van der Waals surface area contributed by atoms with Gasteiger partial charge in [0.1, 0.15) is 27.8 Å². The lowest BCUT2D eigenvalue weighted by molar-refractivity contribution is -0.117. The minimum Gasteiger partial charge on any atom is -0.444 e. The molecule has 0 spiro atoms. The number of carbonyl (C=O) groups is 2. The third-order valence-corrected chi connectivity index (χ3v) is 7.24. The van der Waals surface area contributed by atoms with Crippen molar-refractivity contribution in [2.24, 2.45) is 5.73 Å². The fraction of sp³-hybridized carbons (Fsp3) is 0.444. The molecule has 2 heterocycles. The van der Waals surface area contributed by atoms with Crippen molar-refractivity contribution in [3.8, 4) is 6.07 Å². The summed E-state index contributed by atoms with van der Waals surface area (Å²) in [4.78, 5) is 33.8. The van der Waals surface area contributed by atoms with E-state index in [1.54, 1.807) is 58.0 Å². The molecule has 12 heteroatoms. The van der Waals surface area contributed by atoms with Crippen LogP contribution in [0.5, 0.6) is 0 Å². The van der Waals surface area contributed by atoms with Gasteiger partial charge in [-0.05, 0) is 44.7 Å². The lowest BCUT2D eigenvalue weighted by Crippen LogP contribution is -2.59. The second kappa shape index (κ2) is 11.9. The maximum absolute atomic E-state index is 15.3. The van der Waals surface area contributed by atoms with Crippen molar-refractivity contribution in [2.75, 3.05) is 18.0 Å². The molecule has 206 valence electrons. The number of nitrogens with zero attached hydrogens (tertiary/aromatic N) is 4. The maximum atomic E-state index is 15.3. The summed E-state index contributed by atoms with van der Waals surface area (Å²) in [6.07, 6.45) is -0.809. The summed E-state index contributed by atoms with van der Waals surface area (Å²) in [5.41, 5.74) is 5.88. The standard InChI is InChI=1S/C27H30F2N6O3S/c1-6-17-18(14-30)24(39-21(22(31)36)16-10-8-7-9-11-16)34-23(20(17)32-5)35-13-12-19(27(28,29)15-35)33-25(37)38-26(2,3)4/h7-11,19,21H,6,12-13,15H2,1-4H3,(H2,31,36)(H,33,37). The Bertz CT molecular complexity index is 1320. The molecule has 2 aromatic rings. The first kappa shape index (κ1) is 29.7. The van der Waals surface area contributed by atoms with Crippen LogP contribution in [0.15, 0.2) is 35.4 Å². The van der Waals surface area contributed by atoms with Crippen LogP contribution in [0, 0.1) is 17.9 Å². The summed E-state index contributed by atoms with van der Waals surface area (Å²) in [5.74, 6) is -4.04. The van der Waals surface area contributed by atoms with Gasteiger partial charge in [0.05, 0.1) is 24.7 Å². The quantitative estimate of drug-likeness (QED) is 0.358. The van der Waals surface area contributed by atoms with Crippen molar-refractivity contribution in [3.63, 3.8) is 0 Å². The Kier molecular flexibility index (Phi) is 9.03. The van der Waals surface area contributed by atoms with E-state index in [0.29, 0.717) is 11.1 Å². The average molecular weight is 557 g/mol. The Morgan fingerprint density at radius 1 is 1.38 bits per heavy atom. The number of alkyl carbamates (subject to hydrolysis) is 1. The first-order valence-corrected chi connectivity index (χ1v) is 13.2. The number of pyridine rings is 1. The molecule has 2 amide bonds. The zero-order valence-corrected chi connectivity index (χ0v) is 22.9. The maximum Gasteiger partial charge on any atom is 0.408 e. The number of piperidine rings is 1. The van der Waals surface area contributed by atoms with Crippen LogP contribution in [0.1, 0.15) is 56.1 Å². The fourth-order valence-corrected chi connectivity index (χ4v) is 5.31. The Balaban J connectivity index is 2.00. The van der Waals surface area contributed by atoms with Gasteiger partial charge in [0, 0.05) is 6.54 Å². The number of primary amides is 1. The molecule has 1 saturated heterocycles. The van der Waals surface area contributed by atoms with Crippen molar-refractivity contribution in [2.45, 2.75) is 68.4 Å². The molecule has 39 heavy (non-hydrogen) atoms. The zero-order chi connectivity index (χ0) is 29.0. The summed E-state index contributed by atoms with van der Waals surface area (Å²) in [6, 6.07) is 9.29. The van der Waals surface area contributed by atoms with E-state index in [4.69, 9.17) is 17.0 Å². The summed E-state index contributed by atoms with van der Waals surface area (Å²) in [7, 11) is 0. The van der Waals surface area contributed by atoms with Gasteiger partial charge in [0.25, 0.3) is 5.92 Å². The van der Waals surface area contributed by atoms with Crippen molar-refractivity contribution in [1.82, 2.24) is 10.3 Å². The van der Waals surface area contributed by atoms with Gasteiger partial charge in [-0.2, -0.15) is 5.26 Å². The normalized spacial score (nSPS) is 17.4. The molecule has 0 saturated carbocycles. The third kappa shape index (κ3) is 6.95. The third-order valence-electron chi connectivity index (χ3n) is 5.98. The lowest BCUT2D eigenvalue weighted by Gasteiger charge is -2.40. The van der Waals surface area contributed by atoms with E-state index in [-0.39, 0.29) is 41.5 Å². The average Bonchev–Trinajstić information content (AvgIpc) is 2.86. The summed E-state index contributed by atoms with van der Waals surface area (Å²) >= 11 is 0.943. The molecule has 3 rings (SSSR count). The molecule has 0 radical (unpaired) electrons. The molecule has 3 N–H and O–H groups in total. The van der Waals surface area contributed by atoms with Crippen molar-refractivity contribution in [1.29, 1.82) is 5.26 Å². The van der Waals surface area contributed by atoms with Crippen LogP contribution in [0.3, 0.4) is 0 Å². The van der Waals surface area contributed by atoms with E-state index in [1.807, 2.05) is 0 Å². The molecule has 1 aromatic carbocycles. The van der Waals surface area contributed by atoms with Gasteiger partial charge >= 0.3 is 6.09 Å². The van der Waals surface area contributed by atoms with Crippen molar-refractivity contribution >= 4 is 35.3 Å². The van der Waals surface area contributed by atoms with Crippen molar-refractivity contribution < 1.29 is 23.1 Å². The SMILES string of the molecule is [C-]#[N+]c1c(N2CCC(NC(=O)OC(C)(C)C)C(F)(F)C2)nc(SC(C(N)=O)c2ccccc2)c(C#N)c1CC. The second-order valence-electron chi connectivity index (χ2n) is 10.0. The van der Waals surface area contributed by atoms with Crippen LogP contribution < -0.4 is 16.0 Å². The first-order chi connectivity index (χ1) is 18.3. The number of rotatable bonds is 7. The molecule has 1 fully saturated rings. The highest BCUT2D eigenvalue weighted by Gasteiger charge is 2.47. The smallest absolute Gasteiger partial charge is 0.408 e. The number of thioether (sulfide) groups is 1. The number of aromatic nitrogens is 1. The van der Waals surface area contributed by atoms with Gasteiger partial charge in [0.15, 0.2) is 0 Å². The van der Waals surface area contributed by atoms with E-state index >= 15 is 8.78 Å². The highest BCUT2D eigenvalue weighted by Crippen LogP contribution is 2.44. The minimum atomic E-state index is -3.37. The Morgan fingerprint density at radius 3 is 2.56 bits per heavy atom. The van der Waals surface area contributed by atoms with Crippen LogP contribution in [0.2, 0.25) is 0 Å². The fourth-order valence-electron chi connectivity index (χ4n) is 4.25. The number of benzene rings is 1. The number of nitrogens with two attached hydrogens (primary N) is 1. The lowest BCUT2D eigenvalue weighted by atomic mass is 9.99. The summed E-state index contributed by atoms with van der Waals surface area (Å²) in [5, 5.41) is 11.4. The number of alkyl halides is 2. The molecule has 2 atom stereocenters. The molecular weight excluding hydrogens is 526 g/mol. The number of nitriles is 1. The van der Waals surface area contributed by atoms with E-state index in [2.05, 4.69) is 21.2 Å². The van der Waals surface area contributed by atoms with Crippen LogP contribution in [-0.2, 0) is 16.0 Å². The number of nitrogens with one attached hydrogen (secondary N) is 1. The molecule has 1 aliphatic heterocycles. The van der Waals surface area contributed by atoms with Crippen LogP contribution in [0.25, 0.3) is 4.85 Å². The summed E-state index contributed by atoms with van der Waals surface area (Å²) in [6.45, 7) is 13.7. The largest absolute Gasteiger partial charge is 0.444 e. The topological polar surface area (TPSA) is 126 Å². The number of halogens is 2. The number of amides is 2.